The maximum Gasteiger partial charge on any atom is 0.316 e. The molecule has 8 nitrogen and oxygen atoms in total. The van der Waals surface area contributed by atoms with Gasteiger partial charge >= 0.3 is 11.8 Å². The number of hydrogen-bond acceptors (Lipinski definition) is 6. The van der Waals surface area contributed by atoms with Crippen molar-refractivity contribution in [3.05, 3.63) is 36.2 Å². The number of aryl methyl sites for hydroxylation is 1. The summed E-state index contributed by atoms with van der Waals surface area (Å²) in [5.41, 5.74) is 3.07. The van der Waals surface area contributed by atoms with Gasteiger partial charge in [-0.2, -0.15) is 4.98 Å². The number of H-pyrrole nitrogens is 1. The number of carbonyl (C=O) groups is 1. The van der Waals surface area contributed by atoms with Crippen molar-refractivity contribution in [2.24, 2.45) is 0 Å². The van der Waals surface area contributed by atoms with Crippen LogP contribution in [-0.4, -0.2) is 57.1 Å². The Balaban J connectivity index is 1.47. The molecule has 0 saturated carbocycles. The van der Waals surface area contributed by atoms with E-state index in [1.165, 1.54) is 0 Å². The summed E-state index contributed by atoms with van der Waals surface area (Å²) in [6.45, 7) is 4.64. The number of piperazine rings is 1. The number of rotatable bonds is 3. The molecule has 0 atom stereocenters. The molecule has 1 fully saturated rings. The number of carbonyl (C=O) groups excluding carboxylic acids is 1. The fourth-order valence-electron chi connectivity index (χ4n) is 2.98. The van der Waals surface area contributed by atoms with Crippen LogP contribution in [0.15, 0.2) is 29.0 Å². The monoisotopic (exact) mass is 326 g/mol. The molecule has 1 amide bonds. The average molecular weight is 326 g/mol. The molecule has 124 valence electrons. The van der Waals surface area contributed by atoms with E-state index in [-0.39, 0.29) is 11.8 Å². The molecule has 24 heavy (non-hydrogen) atoms. The zero-order valence-electron chi connectivity index (χ0n) is 13.4. The maximum absolute atomic E-state index is 12.4. The van der Waals surface area contributed by atoms with Gasteiger partial charge in [0.25, 0.3) is 0 Å². The molecular formula is C16H18N6O2. The van der Waals surface area contributed by atoms with Crippen LogP contribution < -0.4 is 4.90 Å². The minimum atomic E-state index is -0.195. The van der Waals surface area contributed by atoms with E-state index in [0.717, 1.165) is 29.8 Å². The van der Waals surface area contributed by atoms with Gasteiger partial charge in [0.05, 0.1) is 17.5 Å². The second-order valence-electron chi connectivity index (χ2n) is 5.72. The van der Waals surface area contributed by atoms with Crippen LogP contribution in [0.2, 0.25) is 0 Å². The third-order valence-corrected chi connectivity index (χ3v) is 4.30. The SMILES string of the molecule is CCc1noc(C(=O)N2CCN(c3cccc4[nH]cnc34)CC2)n1. The van der Waals surface area contributed by atoms with Gasteiger partial charge < -0.3 is 19.3 Å². The van der Waals surface area contributed by atoms with E-state index >= 15 is 0 Å². The summed E-state index contributed by atoms with van der Waals surface area (Å²) in [5, 5.41) is 3.79. The molecule has 1 N–H and O–H groups in total. The van der Waals surface area contributed by atoms with Crippen molar-refractivity contribution >= 4 is 22.6 Å². The van der Waals surface area contributed by atoms with Crippen molar-refractivity contribution in [1.82, 2.24) is 25.0 Å². The highest BCUT2D eigenvalue weighted by atomic mass is 16.5. The standard InChI is InChI=1S/C16H18N6O2/c1-2-13-19-15(24-20-13)16(23)22-8-6-21(7-9-22)12-5-3-4-11-14(12)18-10-17-11/h3-5,10H,2,6-9H2,1H3,(H,17,18). The third kappa shape index (κ3) is 2.49. The van der Waals surface area contributed by atoms with Crippen molar-refractivity contribution in [2.45, 2.75) is 13.3 Å². The Bertz CT molecular complexity index is 862. The molecule has 1 aromatic carbocycles. The van der Waals surface area contributed by atoms with Crippen LogP contribution in [0.1, 0.15) is 23.4 Å². The van der Waals surface area contributed by atoms with Gasteiger partial charge in [0.1, 0.15) is 5.52 Å². The Morgan fingerprint density at radius 2 is 2.12 bits per heavy atom. The van der Waals surface area contributed by atoms with Crippen LogP contribution in [0.4, 0.5) is 5.69 Å². The van der Waals surface area contributed by atoms with E-state index < -0.39 is 0 Å². The molecular weight excluding hydrogens is 308 g/mol. The summed E-state index contributed by atoms with van der Waals surface area (Å²) < 4.78 is 5.05. The van der Waals surface area contributed by atoms with Gasteiger partial charge in [0.2, 0.25) is 0 Å². The Kier molecular flexibility index (Phi) is 3.64. The first-order valence-corrected chi connectivity index (χ1v) is 8.05. The zero-order valence-corrected chi connectivity index (χ0v) is 13.4. The number of aromatic amines is 1. The first-order valence-electron chi connectivity index (χ1n) is 8.05. The molecule has 0 unspecified atom stereocenters. The van der Waals surface area contributed by atoms with Gasteiger partial charge in [-0.3, -0.25) is 4.79 Å². The predicted octanol–water partition coefficient (Wildman–Crippen LogP) is 1.47. The lowest BCUT2D eigenvalue weighted by molar-refractivity contribution is 0.0697. The number of amides is 1. The minimum Gasteiger partial charge on any atom is -0.366 e. The van der Waals surface area contributed by atoms with E-state index in [2.05, 4.69) is 31.1 Å². The minimum absolute atomic E-state index is 0.0784. The third-order valence-electron chi connectivity index (χ3n) is 4.30. The molecule has 3 aromatic rings. The second kappa shape index (κ2) is 5.95. The highest BCUT2D eigenvalue weighted by Gasteiger charge is 2.26. The molecule has 1 saturated heterocycles. The largest absolute Gasteiger partial charge is 0.366 e. The summed E-state index contributed by atoms with van der Waals surface area (Å²) in [6, 6.07) is 6.08. The number of nitrogens with zero attached hydrogens (tertiary/aromatic N) is 5. The first-order chi connectivity index (χ1) is 11.8. The van der Waals surface area contributed by atoms with Gasteiger partial charge in [-0.15, -0.1) is 0 Å². The molecule has 2 aromatic heterocycles. The van der Waals surface area contributed by atoms with Gasteiger partial charge in [0.15, 0.2) is 5.82 Å². The average Bonchev–Trinajstić information content (AvgIpc) is 3.30. The Morgan fingerprint density at radius 1 is 1.29 bits per heavy atom. The predicted molar refractivity (Wildman–Crippen MR) is 87.9 cm³/mol. The number of para-hydroxylation sites is 1. The number of hydrogen-bond donors (Lipinski definition) is 1. The fraction of sp³-hybridized carbons (Fsp3) is 0.375. The summed E-state index contributed by atoms with van der Waals surface area (Å²) >= 11 is 0. The van der Waals surface area contributed by atoms with Crippen LogP contribution >= 0.6 is 0 Å². The number of anilines is 1. The molecule has 1 aliphatic rings. The Morgan fingerprint density at radius 3 is 2.88 bits per heavy atom. The first kappa shape index (κ1) is 14.7. The summed E-state index contributed by atoms with van der Waals surface area (Å²) in [4.78, 5) is 28.1. The smallest absolute Gasteiger partial charge is 0.316 e. The molecule has 0 radical (unpaired) electrons. The molecule has 4 rings (SSSR count). The molecule has 8 heteroatoms. The number of imidazole rings is 1. The van der Waals surface area contributed by atoms with Crippen LogP contribution in [0.3, 0.4) is 0 Å². The molecule has 0 aliphatic carbocycles. The zero-order chi connectivity index (χ0) is 16.5. The van der Waals surface area contributed by atoms with Crippen molar-refractivity contribution in [3.63, 3.8) is 0 Å². The van der Waals surface area contributed by atoms with E-state index in [1.807, 2.05) is 19.1 Å². The van der Waals surface area contributed by atoms with E-state index in [4.69, 9.17) is 4.52 Å². The maximum atomic E-state index is 12.4. The molecule has 0 bridgehead atoms. The van der Waals surface area contributed by atoms with Crippen LogP contribution in [0, 0.1) is 0 Å². The molecule has 1 aliphatic heterocycles. The van der Waals surface area contributed by atoms with Gasteiger partial charge in [-0.1, -0.05) is 18.1 Å². The van der Waals surface area contributed by atoms with Crippen molar-refractivity contribution < 1.29 is 9.32 Å². The number of aromatic nitrogens is 4. The lowest BCUT2D eigenvalue weighted by Gasteiger charge is -2.35. The fourth-order valence-corrected chi connectivity index (χ4v) is 2.98. The molecule has 0 spiro atoms. The topological polar surface area (TPSA) is 91.2 Å². The quantitative estimate of drug-likeness (QED) is 0.784. The number of fused-ring (bicyclic) bond motifs is 1. The highest BCUT2D eigenvalue weighted by Crippen LogP contribution is 2.25. The lowest BCUT2D eigenvalue weighted by Crippen LogP contribution is -2.49. The van der Waals surface area contributed by atoms with Gasteiger partial charge in [0, 0.05) is 32.6 Å². The molecule has 3 heterocycles. The van der Waals surface area contributed by atoms with Crippen molar-refractivity contribution in [3.8, 4) is 0 Å². The van der Waals surface area contributed by atoms with Crippen LogP contribution in [0.25, 0.3) is 11.0 Å². The van der Waals surface area contributed by atoms with E-state index in [0.29, 0.717) is 25.3 Å². The van der Waals surface area contributed by atoms with Gasteiger partial charge in [-0.05, 0) is 12.1 Å². The second-order valence-corrected chi connectivity index (χ2v) is 5.72. The van der Waals surface area contributed by atoms with E-state index in [1.54, 1.807) is 11.2 Å². The number of benzene rings is 1. The number of nitrogens with one attached hydrogen (secondary N) is 1. The Labute approximate surface area is 138 Å². The Hall–Kier alpha value is -2.90. The van der Waals surface area contributed by atoms with E-state index in [9.17, 15) is 4.79 Å². The van der Waals surface area contributed by atoms with Gasteiger partial charge in [-0.25, -0.2) is 4.98 Å². The normalized spacial score (nSPS) is 15.2. The summed E-state index contributed by atoms with van der Waals surface area (Å²) in [6.07, 6.45) is 2.35. The lowest BCUT2D eigenvalue weighted by atomic mass is 10.2. The van der Waals surface area contributed by atoms with Crippen molar-refractivity contribution in [1.29, 1.82) is 0 Å². The van der Waals surface area contributed by atoms with Crippen LogP contribution in [0.5, 0.6) is 0 Å². The van der Waals surface area contributed by atoms with Crippen molar-refractivity contribution in [2.75, 3.05) is 31.1 Å². The summed E-state index contributed by atoms with van der Waals surface area (Å²) in [7, 11) is 0. The highest BCUT2D eigenvalue weighted by molar-refractivity contribution is 5.90. The van der Waals surface area contributed by atoms with Crippen LogP contribution in [-0.2, 0) is 6.42 Å². The summed E-state index contributed by atoms with van der Waals surface area (Å²) in [5.74, 6) is 0.441.